The maximum absolute atomic E-state index is 12.6. The van der Waals surface area contributed by atoms with Crippen LogP contribution >= 0.6 is 23.2 Å². The number of benzene rings is 3. The third kappa shape index (κ3) is 4.48. The van der Waals surface area contributed by atoms with Crippen molar-refractivity contribution in [3.63, 3.8) is 0 Å². The van der Waals surface area contributed by atoms with Crippen LogP contribution in [0.25, 0.3) is 0 Å². The van der Waals surface area contributed by atoms with Crippen LogP contribution < -0.4 is 14.8 Å². The molecule has 0 aromatic heterocycles. The Kier molecular flexibility index (Phi) is 5.12. The fourth-order valence-corrected chi connectivity index (χ4v) is 4.48. The summed E-state index contributed by atoms with van der Waals surface area (Å²) in [7, 11) is -3.72. The molecule has 0 aliphatic carbocycles. The van der Waals surface area contributed by atoms with E-state index in [1.807, 2.05) is 0 Å². The Balaban J connectivity index is 1.59. The fourth-order valence-electron chi connectivity index (χ4n) is 2.92. The molecule has 0 bridgehead atoms. The van der Waals surface area contributed by atoms with Gasteiger partial charge in [-0.2, -0.15) is 0 Å². The first-order valence-corrected chi connectivity index (χ1v) is 10.9. The summed E-state index contributed by atoms with van der Waals surface area (Å²) in [5.41, 5.74) is 1.42. The predicted molar refractivity (Wildman–Crippen MR) is 114 cm³/mol. The zero-order valence-corrected chi connectivity index (χ0v) is 17.1. The second-order valence-corrected chi connectivity index (χ2v) is 8.99. The predicted octanol–water partition coefficient (Wildman–Crippen LogP) is 5.29. The van der Waals surface area contributed by atoms with Gasteiger partial charge in [-0.3, -0.25) is 9.52 Å². The monoisotopic (exact) mass is 448 g/mol. The van der Waals surface area contributed by atoms with Crippen LogP contribution in [-0.2, 0) is 15.8 Å². The van der Waals surface area contributed by atoms with Crippen molar-refractivity contribution in [3.05, 3.63) is 81.8 Å². The Hall–Kier alpha value is -2.74. The molecule has 0 fully saturated rings. The number of amides is 1. The smallest absolute Gasteiger partial charge is 0.259 e. The second-order valence-electron chi connectivity index (χ2n) is 6.40. The lowest BCUT2D eigenvalue weighted by Gasteiger charge is -2.11. The average molecular weight is 449 g/mol. The molecule has 0 atom stereocenters. The van der Waals surface area contributed by atoms with Crippen LogP contribution in [0, 0.1) is 0 Å². The number of ether oxygens (including phenoxy) is 1. The first-order valence-electron chi connectivity index (χ1n) is 8.47. The Labute approximate surface area is 177 Å². The zero-order chi connectivity index (χ0) is 20.6. The highest BCUT2D eigenvalue weighted by molar-refractivity contribution is 7.91. The molecule has 0 radical (unpaired) electrons. The standard InChI is InChI=1S/C20H14Cl2N2O4S/c21-13-3-1-2-12(8-13)11-29(26,27)24-15-5-7-18-16(10-15)20(25)23-17-9-14(22)4-6-19(17)28-18/h1-10,24H,11H2,(H,23,25). The highest BCUT2D eigenvalue weighted by Gasteiger charge is 2.22. The van der Waals surface area contributed by atoms with Gasteiger partial charge >= 0.3 is 0 Å². The first kappa shape index (κ1) is 19.6. The zero-order valence-electron chi connectivity index (χ0n) is 14.8. The van der Waals surface area contributed by atoms with E-state index in [1.54, 1.807) is 42.5 Å². The topological polar surface area (TPSA) is 84.5 Å². The number of hydrogen-bond acceptors (Lipinski definition) is 4. The van der Waals surface area contributed by atoms with Crippen molar-refractivity contribution >= 4 is 50.5 Å². The normalized spacial score (nSPS) is 12.8. The molecule has 2 N–H and O–H groups in total. The lowest BCUT2D eigenvalue weighted by atomic mass is 10.1. The number of rotatable bonds is 4. The van der Waals surface area contributed by atoms with Crippen LogP contribution in [0.1, 0.15) is 15.9 Å². The number of sulfonamides is 1. The summed E-state index contributed by atoms with van der Waals surface area (Å²) in [6.07, 6.45) is 0. The molecule has 0 saturated carbocycles. The summed E-state index contributed by atoms with van der Waals surface area (Å²) in [6.45, 7) is 0. The molecule has 1 amide bonds. The molecule has 9 heteroatoms. The maximum atomic E-state index is 12.6. The first-order chi connectivity index (χ1) is 13.8. The van der Waals surface area contributed by atoms with Crippen LogP contribution in [0.4, 0.5) is 11.4 Å². The second kappa shape index (κ2) is 7.59. The van der Waals surface area contributed by atoms with E-state index in [-0.39, 0.29) is 17.0 Å². The Morgan fingerprint density at radius 2 is 1.69 bits per heavy atom. The summed E-state index contributed by atoms with van der Waals surface area (Å²) in [4.78, 5) is 12.6. The minimum Gasteiger partial charge on any atom is -0.454 e. The summed E-state index contributed by atoms with van der Waals surface area (Å²) in [6, 6.07) is 16.0. The summed E-state index contributed by atoms with van der Waals surface area (Å²) >= 11 is 11.9. The fraction of sp³-hybridized carbons (Fsp3) is 0.0500. The van der Waals surface area contributed by atoms with Gasteiger partial charge in [0.25, 0.3) is 5.91 Å². The van der Waals surface area contributed by atoms with Crippen molar-refractivity contribution in [3.8, 4) is 11.5 Å². The van der Waals surface area contributed by atoms with Crippen LogP contribution in [0.15, 0.2) is 60.7 Å². The molecule has 0 unspecified atom stereocenters. The van der Waals surface area contributed by atoms with Crippen LogP contribution in [0.5, 0.6) is 11.5 Å². The van der Waals surface area contributed by atoms with Gasteiger partial charge in [-0.15, -0.1) is 0 Å². The molecule has 3 aromatic rings. The largest absolute Gasteiger partial charge is 0.454 e. The van der Waals surface area contributed by atoms with Crippen molar-refractivity contribution in [2.45, 2.75) is 5.75 Å². The van der Waals surface area contributed by atoms with Crippen LogP contribution in [-0.4, -0.2) is 14.3 Å². The quantitative estimate of drug-likeness (QED) is 0.567. The third-order valence-electron chi connectivity index (χ3n) is 4.15. The number of nitrogens with one attached hydrogen (secondary N) is 2. The Morgan fingerprint density at radius 1 is 0.931 bits per heavy atom. The van der Waals surface area contributed by atoms with Gasteiger partial charge in [-0.25, -0.2) is 8.42 Å². The van der Waals surface area contributed by atoms with Crippen molar-refractivity contribution in [2.75, 3.05) is 10.0 Å². The molecule has 1 aliphatic heterocycles. The number of carbonyl (C=O) groups is 1. The molecule has 4 rings (SSSR count). The molecule has 3 aromatic carbocycles. The number of fused-ring (bicyclic) bond motifs is 2. The van der Waals surface area contributed by atoms with E-state index in [1.165, 1.54) is 18.2 Å². The van der Waals surface area contributed by atoms with E-state index in [9.17, 15) is 13.2 Å². The van der Waals surface area contributed by atoms with Crippen molar-refractivity contribution in [1.29, 1.82) is 0 Å². The summed E-state index contributed by atoms with van der Waals surface area (Å²) in [5.74, 6) is 0.0612. The number of carbonyl (C=O) groups excluding carboxylic acids is 1. The molecule has 0 spiro atoms. The van der Waals surface area contributed by atoms with E-state index < -0.39 is 15.9 Å². The average Bonchev–Trinajstić information content (AvgIpc) is 2.77. The van der Waals surface area contributed by atoms with Gasteiger partial charge in [-0.05, 0) is 54.1 Å². The number of halogens is 2. The maximum Gasteiger partial charge on any atom is 0.259 e. The molecular formula is C20H14Cl2N2O4S. The molecule has 1 aliphatic rings. The Morgan fingerprint density at radius 3 is 2.48 bits per heavy atom. The molecule has 0 saturated heterocycles. The van der Waals surface area contributed by atoms with Gasteiger partial charge in [0.1, 0.15) is 5.75 Å². The minimum absolute atomic E-state index is 0.195. The lowest BCUT2D eigenvalue weighted by Crippen LogP contribution is -2.16. The van der Waals surface area contributed by atoms with Gasteiger partial charge in [0.15, 0.2) is 5.75 Å². The lowest BCUT2D eigenvalue weighted by molar-refractivity contribution is 0.102. The van der Waals surface area contributed by atoms with Crippen LogP contribution in [0.3, 0.4) is 0 Å². The van der Waals surface area contributed by atoms with Crippen molar-refractivity contribution < 1.29 is 17.9 Å². The van der Waals surface area contributed by atoms with E-state index in [2.05, 4.69) is 10.0 Å². The minimum atomic E-state index is -3.72. The highest BCUT2D eigenvalue weighted by Crippen LogP contribution is 2.38. The Bertz CT molecular complexity index is 1230. The van der Waals surface area contributed by atoms with E-state index in [0.717, 1.165) is 0 Å². The summed E-state index contributed by atoms with van der Waals surface area (Å²) in [5, 5.41) is 3.62. The van der Waals surface area contributed by atoms with Crippen molar-refractivity contribution in [1.82, 2.24) is 0 Å². The van der Waals surface area contributed by atoms with Gasteiger partial charge in [-0.1, -0.05) is 35.3 Å². The van der Waals surface area contributed by atoms with E-state index in [4.69, 9.17) is 27.9 Å². The molecule has 29 heavy (non-hydrogen) atoms. The van der Waals surface area contributed by atoms with E-state index in [0.29, 0.717) is 32.8 Å². The van der Waals surface area contributed by atoms with Gasteiger partial charge in [0, 0.05) is 15.7 Å². The van der Waals surface area contributed by atoms with Crippen molar-refractivity contribution in [2.24, 2.45) is 0 Å². The molecular weight excluding hydrogens is 435 g/mol. The third-order valence-corrected chi connectivity index (χ3v) is 5.88. The molecule has 1 heterocycles. The summed E-state index contributed by atoms with van der Waals surface area (Å²) < 4.78 is 33.3. The number of anilines is 2. The van der Waals surface area contributed by atoms with E-state index >= 15 is 0 Å². The highest BCUT2D eigenvalue weighted by atomic mass is 35.5. The van der Waals surface area contributed by atoms with Crippen LogP contribution in [0.2, 0.25) is 10.0 Å². The van der Waals surface area contributed by atoms with Gasteiger partial charge in [0.05, 0.1) is 17.0 Å². The molecule has 148 valence electrons. The van der Waals surface area contributed by atoms with Gasteiger partial charge in [0.2, 0.25) is 10.0 Å². The van der Waals surface area contributed by atoms with Gasteiger partial charge < -0.3 is 10.1 Å². The number of hydrogen-bond donors (Lipinski definition) is 2. The SMILES string of the molecule is O=C1Nc2cc(Cl)ccc2Oc2ccc(NS(=O)(=O)Cc3cccc(Cl)c3)cc21. The molecule has 6 nitrogen and oxygen atoms in total.